The number of para-hydroxylation sites is 2. The first-order valence-electron chi connectivity index (χ1n) is 18.7. The number of hydrogen-bond donors (Lipinski definition) is 0. The minimum Gasteiger partial charge on any atom is -0.344 e. The third-order valence-electron chi connectivity index (χ3n) is 11.2. The first kappa shape index (κ1) is 31.2. The first-order valence-corrected chi connectivity index (χ1v) is 18.7. The molecule has 4 aromatic heterocycles. The maximum absolute atomic E-state index is 4.98. The van der Waals surface area contributed by atoms with Gasteiger partial charge < -0.3 is 9.13 Å². The van der Waals surface area contributed by atoms with Gasteiger partial charge in [-0.2, -0.15) is 0 Å². The third-order valence-corrected chi connectivity index (χ3v) is 11.2. The molecule has 0 unspecified atom stereocenters. The van der Waals surface area contributed by atoms with Crippen LogP contribution in [-0.4, -0.2) is 19.1 Å². The van der Waals surface area contributed by atoms with Gasteiger partial charge in [0, 0.05) is 74.2 Å². The maximum atomic E-state index is 4.98. The van der Waals surface area contributed by atoms with Crippen LogP contribution in [0.25, 0.3) is 105 Å². The van der Waals surface area contributed by atoms with Gasteiger partial charge in [-0.05, 0) is 94.4 Å². The van der Waals surface area contributed by atoms with Crippen molar-refractivity contribution in [3.05, 3.63) is 188 Å². The van der Waals surface area contributed by atoms with E-state index in [2.05, 4.69) is 156 Å². The fourth-order valence-electron chi connectivity index (χ4n) is 8.63. The van der Waals surface area contributed by atoms with E-state index >= 15 is 0 Å². The predicted octanol–water partition coefficient (Wildman–Crippen LogP) is 13.0. The van der Waals surface area contributed by atoms with E-state index in [1.807, 2.05) is 48.8 Å². The molecule has 0 amide bonds. The molecule has 0 aliphatic heterocycles. The molecule has 0 saturated heterocycles. The van der Waals surface area contributed by atoms with Crippen LogP contribution in [-0.2, 0) is 7.05 Å². The molecule has 1 aliphatic carbocycles. The molecule has 4 heteroatoms. The van der Waals surface area contributed by atoms with Crippen molar-refractivity contribution in [1.82, 2.24) is 19.1 Å². The van der Waals surface area contributed by atoms with Crippen LogP contribution in [0.15, 0.2) is 188 Å². The zero-order chi connectivity index (χ0) is 36.5. The minimum absolute atomic E-state index is 0.971. The van der Waals surface area contributed by atoms with Gasteiger partial charge in [0.05, 0.1) is 22.4 Å². The fraction of sp³-hybridized carbons (Fsp3) is 0.0196. The molecule has 0 atom stereocenters. The zero-order valence-corrected chi connectivity index (χ0v) is 30.2. The Kier molecular flexibility index (Phi) is 7.04. The molecule has 7 aromatic carbocycles. The zero-order valence-electron chi connectivity index (χ0n) is 30.2. The van der Waals surface area contributed by atoms with E-state index in [4.69, 9.17) is 9.97 Å². The Morgan fingerprint density at radius 3 is 1.76 bits per heavy atom. The summed E-state index contributed by atoms with van der Waals surface area (Å²) in [6, 6.07) is 62.7. The van der Waals surface area contributed by atoms with Crippen molar-refractivity contribution in [2.75, 3.05) is 0 Å². The van der Waals surface area contributed by atoms with Gasteiger partial charge in [0.25, 0.3) is 0 Å². The van der Waals surface area contributed by atoms with E-state index in [9.17, 15) is 0 Å². The Morgan fingerprint density at radius 1 is 0.418 bits per heavy atom. The molecule has 0 N–H and O–H groups in total. The second-order valence-corrected chi connectivity index (χ2v) is 14.3. The number of aromatic nitrogens is 4. The summed E-state index contributed by atoms with van der Waals surface area (Å²) in [4.78, 5) is 9.71. The molecule has 0 spiro atoms. The highest BCUT2D eigenvalue weighted by atomic mass is 15.0. The molecular weight excluding hydrogens is 669 g/mol. The molecule has 1 aliphatic rings. The SMILES string of the molecule is Cn1c2ccc(-c3ccc4c(c3)c3ccccc3n4-c3ccccc3)cc2c2cc(-c3cc4c(cn3)-c3nccc5cccc-4c35)ccc21.c1ccccc1. The lowest BCUT2D eigenvalue weighted by molar-refractivity contribution is 1.01. The average Bonchev–Trinajstić information content (AvgIpc) is 3.87. The lowest BCUT2D eigenvalue weighted by atomic mass is 9.99. The van der Waals surface area contributed by atoms with Crippen LogP contribution < -0.4 is 0 Å². The highest BCUT2D eigenvalue weighted by Gasteiger charge is 2.23. The summed E-state index contributed by atoms with van der Waals surface area (Å²) in [7, 11) is 2.16. The molecule has 258 valence electrons. The monoisotopic (exact) mass is 702 g/mol. The van der Waals surface area contributed by atoms with E-state index in [1.54, 1.807) is 0 Å². The van der Waals surface area contributed by atoms with Gasteiger partial charge >= 0.3 is 0 Å². The van der Waals surface area contributed by atoms with Gasteiger partial charge in [-0.15, -0.1) is 0 Å². The Balaban J connectivity index is 0.000000539. The Hall–Kier alpha value is -7.30. The highest BCUT2D eigenvalue weighted by molar-refractivity contribution is 6.15. The summed E-state index contributed by atoms with van der Waals surface area (Å²) in [6.07, 6.45) is 3.90. The van der Waals surface area contributed by atoms with Gasteiger partial charge in [-0.3, -0.25) is 9.97 Å². The second-order valence-electron chi connectivity index (χ2n) is 14.3. The average molecular weight is 703 g/mol. The van der Waals surface area contributed by atoms with Crippen molar-refractivity contribution in [3.63, 3.8) is 0 Å². The summed E-state index contributed by atoms with van der Waals surface area (Å²) in [6.45, 7) is 0. The summed E-state index contributed by atoms with van der Waals surface area (Å²) in [5.41, 5.74) is 15.1. The number of pyridine rings is 2. The topological polar surface area (TPSA) is 35.6 Å². The van der Waals surface area contributed by atoms with Crippen LogP contribution in [0.1, 0.15) is 0 Å². The molecule has 0 bridgehead atoms. The van der Waals surface area contributed by atoms with Gasteiger partial charge in [0.15, 0.2) is 0 Å². The number of hydrogen-bond acceptors (Lipinski definition) is 2. The smallest absolute Gasteiger partial charge is 0.0808 e. The number of benzene rings is 7. The predicted molar refractivity (Wildman–Crippen MR) is 230 cm³/mol. The molecule has 0 radical (unpaired) electrons. The molecule has 4 heterocycles. The van der Waals surface area contributed by atoms with E-state index in [1.165, 1.54) is 82.3 Å². The lowest BCUT2D eigenvalue weighted by Crippen LogP contribution is -1.92. The van der Waals surface area contributed by atoms with E-state index in [0.717, 1.165) is 22.5 Å². The largest absolute Gasteiger partial charge is 0.344 e. The molecular formula is C51H34N4. The van der Waals surface area contributed by atoms with Crippen molar-refractivity contribution in [1.29, 1.82) is 0 Å². The number of nitrogens with zero attached hydrogens (tertiary/aromatic N) is 4. The second kappa shape index (κ2) is 12.4. The van der Waals surface area contributed by atoms with Crippen molar-refractivity contribution in [2.24, 2.45) is 7.05 Å². The van der Waals surface area contributed by atoms with Crippen molar-refractivity contribution in [3.8, 4) is 50.5 Å². The van der Waals surface area contributed by atoms with Crippen LogP contribution in [0.2, 0.25) is 0 Å². The summed E-state index contributed by atoms with van der Waals surface area (Å²) < 4.78 is 4.67. The quantitative estimate of drug-likeness (QED) is 0.184. The third kappa shape index (κ3) is 4.92. The standard InChI is InChI=1S/C45H28N4.C6H6/c1-48-40-17-14-28(29-15-19-43-35(22-29)32-11-5-6-13-42(32)49(43)31-9-3-2-4-10-31)23-36(40)37-24-30(16-18-41(37)48)39-25-34-33-12-7-8-27-20-21-46-45(44(27)33)38(34)26-47-39;1-2-4-6-5-3-1/h2-26H,1H3;1-6H. The summed E-state index contributed by atoms with van der Waals surface area (Å²) in [5.74, 6) is 0. The summed E-state index contributed by atoms with van der Waals surface area (Å²) in [5, 5.41) is 7.43. The Morgan fingerprint density at radius 2 is 1.02 bits per heavy atom. The van der Waals surface area contributed by atoms with Crippen molar-refractivity contribution < 1.29 is 0 Å². The van der Waals surface area contributed by atoms with Gasteiger partial charge in [-0.25, -0.2) is 0 Å². The van der Waals surface area contributed by atoms with E-state index in [0.29, 0.717) is 0 Å². The molecule has 0 fully saturated rings. The molecule has 55 heavy (non-hydrogen) atoms. The normalized spacial score (nSPS) is 11.7. The lowest BCUT2D eigenvalue weighted by Gasteiger charge is -2.08. The maximum Gasteiger partial charge on any atom is 0.0808 e. The first-order chi connectivity index (χ1) is 27.2. The van der Waals surface area contributed by atoms with Gasteiger partial charge in [0.1, 0.15) is 0 Å². The van der Waals surface area contributed by atoms with Crippen LogP contribution in [0.4, 0.5) is 0 Å². The van der Waals surface area contributed by atoms with E-state index < -0.39 is 0 Å². The van der Waals surface area contributed by atoms with Gasteiger partial charge in [0.2, 0.25) is 0 Å². The van der Waals surface area contributed by atoms with Crippen LogP contribution in [0, 0.1) is 0 Å². The number of aryl methyl sites for hydroxylation is 1. The molecule has 11 aromatic rings. The highest BCUT2D eigenvalue weighted by Crippen LogP contribution is 2.47. The number of fused-ring (bicyclic) bond motifs is 9. The van der Waals surface area contributed by atoms with Gasteiger partial charge in [-0.1, -0.05) is 109 Å². The fourth-order valence-corrected chi connectivity index (χ4v) is 8.63. The number of rotatable bonds is 3. The van der Waals surface area contributed by atoms with Crippen LogP contribution in [0.3, 0.4) is 0 Å². The Labute approximate surface area is 318 Å². The van der Waals surface area contributed by atoms with E-state index in [-0.39, 0.29) is 0 Å². The van der Waals surface area contributed by atoms with Crippen LogP contribution >= 0.6 is 0 Å². The Bertz CT molecular complexity index is 3230. The molecule has 0 saturated carbocycles. The van der Waals surface area contributed by atoms with Crippen molar-refractivity contribution in [2.45, 2.75) is 0 Å². The molecule has 4 nitrogen and oxygen atoms in total. The summed E-state index contributed by atoms with van der Waals surface area (Å²) >= 11 is 0. The van der Waals surface area contributed by atoms with Crippen molar-refractivity contribution >= 4 is 54.4 Å². The van der Waals surface area contributed by atoms with Crippen LogP contribution in [0.5, 0.6) is 0 Å². The molecule has 12 rings (SSSR count). The minimum atomic E-state index is 0.971.